The SMILES string of the molecule is C=CCNC(=S)N1CCN(c2cc(C)nc(C(C)C)n2)CC1. The van der Waals surface area contributed by atoms with Crippen molar-refractivity contribution in [3.8, 4) is 0 Å². The summed E-state index contributed by atoms with van der Waals surface area (Å²) in [6.07, 6.45) is 1.82. The summed E-state index contributed by atoms with van der Waals surface area (Å²) in [6.45, 7) is 14.3. The zero-order chi connectivity index (χ0) is 16.1. The van der Waals surface area contributed by atoms with Gasteiger partial charge in [-0.05, 0) is 19.1 Å². The number of hydrogen-bond donors (Lipinski definition) is 1. The van der Waals surface area contributed by atoms with Gasteiger partial charge in [0, 0.05) is 50.4 Å². The van der Waals surface area contributed by atoms with E-state index in [2.05, 4.69) is 46.6 Å². The van der Waals surface area contributed by atoms with Crippen LogP contribution < -0.4 is 10.2 Å². The fourth-order valence-electron chi connectivity index (χ4n) is 2.40. The first kappa shape index (κ1) is 16.7. The normalized spacial score (nSPS) is 15.1. The molecule has 0 atom stereocenters. The van der Waals surface area contributed by atoms with Gasteiger partial charge in [-0.25, -0.2) is 9.97 Å². The molecule has 0 radical (unpaired) electrons. The molecule has 6 heteroatoms. The van der Waals surface area contributed by atoms with Gasteiger partial charge in [0.15, 0.2) is 5.11 Å². The Balaban J connectivity index is 1.99. The number of anilines is 1. The Hall–Kier alpha value is -1.69. The van der Waals surface area contributed by atoms with Crippen LogP contribution in [0, 0.1) is 6.92 Å². The molecule has 0 aliphatic carbocycles. The third kappa shape index (κ3) is 4.16. The maximum Gasteiger partial charge on any atom is 0.169 e. The maximum absolute atomic E-state index is 5.39. The average Bonchev–Trinajstić information content (AvgIpc) is 2.52. The summed E-state index contributed by atoms with van der Waals surface area (Å²) in [7, 11) is 0. The highest BCUT2D eigenvalue weighted by molar-refractivity contribution is 7.80. The van der Waals surface area contributed by atoms with Crippen molar-refractivity contribution in [2.24, 2.45) is 0 Å². The standard InChI is InChI=1S/C16H25N5S/c1-5-6-17-16(22)21-9-7-20(8-10-21)14-11-13(4)18-15(19-14)12(2)3/h5,11-12H,1,6-10H2,2-4H3,(H,17,22). The fraction of sp³-hybridized carbons (Fsp3) is 0.562. The van der Waals surface area contributed by atoms with Crippen LogP contribution in [0.25, 0.3) is 0 Å². The van der Waals surface area contributed by atoms with Gasteiger partial charge >= 0.3 is 0 Å². The number of aromatic nitrogens is 2. The van der Waals surface area contributed by atoms with Gasteiger partial charge in [0.1, 0.15) is 11.6 Å². The van der Waals surface area contributed by atoms with Gasteiger partial charge in [-0.1, -0.05) is 19.9 Å². The molecule has 1 saturated heterocycles. The number of hydrogen-bond acceptors (Lipinski definition) is 4. The molecule has 0 spiro atoms. The number of thiocarbonyl (C=S) groups is 1. The Morgan fingerprint density at radius 3 is 2.64 bits per heavy atom. The molecule has 1 aromatic heterocycles. The molecule has 0 amide bonds. The van der Waals surface area contributed by atoms with Crippen molar-refractivity contribution >= 4 is 23.1 Å². The van der Waals surface area contributed by atoms with Crippen molar-refractivity contribution in [2.75, 3.05) is 37.6 Å². The Morgan fingerprint density at radius 1 is 1.36 bits per heavy atom. The lowest BCUT2D eigenvalue weighted by molar-refractivity contribution is 0.380. The van der Waals surface area contributed by atoms with E-state index in [-0.39, 0.29) is 0 Å². The monoisotopic (exact) mass is 319 g/mol. The molecule has 2 rings (SSSR count). The lowest BCUT2D eigenvalue weighted by atomic mass is 10.2. The number of nitrogens with one attached hydrogen (secondary N) is 1. The second-order valence-electron chi connectivity index (χ2n) is 5.83. The molecule has 22 heavy (non-hydrogen) atoms. The van der Waals surface area contributed by atoms with Crippen molar-refractivity contribution in [3.63, 3.8) is 0 Å². The molecule has 2 heterocycles. The lowest BCUT2D eigenvalue weighted by Crippen LogP contribution is -2.52. The largest absolute Gasteiger partial charge is 0.359 e. The number of nitrogens with zero attached hydrogens (tertiary/aromatic N) is 4. The molecule has 0 unspecified atom stereocenters. The summed E-state index contributed by atoms with van der Waals surface area (Å²) in [4.78, 5) is 13.7. The van der Waals surface area contributed by atoms with Gasteiger partial charge in [-0.15, -0.1) is 6.58 Å². The Morgan fingerprint density at radius 2 is 2.05 bits per heavy atom. The summed E-state index contributed by atoms with van der Waals surface area (Å²) in [5.74, 6) is 2.29. The highest BCUT2D eigenvalue weighted by Gasteiger charge is 2.20. The van der Waals surface area contributed by atoms with E-state index in [0.717, 1.165) is 48.6 Å². The van der Waals surface area contributed by atoms with E-state index in [1.54, 1.807) is 0 Å². The third-order valence-corrected chi connectivity index (χ3v) is 4.07. The Bertz CT molecular complexity index is 535. The molecule has 0 saturated carbocycles. The molecular weight excluding hydrogens is 294 g/mol. The van der Waals surface area contributed by atoms with Crippen molar-refractivity contribution in [1.82, 2.24) is 20.2 Å². The predicted molar refractivity (Wildman–Crippen MR) is 95.4 cm³/mol. The van der Waals surface area contributed by atoms with Crippen LogP contribution in [-0.4, -0.2) is 52.7 Å². The van der Waals surface area contributed by atoms with E-state index in [1.807, 2.05) is 13.0 Å². The van der Waals surface area contributed by atoms with E-state index >= 15 is 0 Å². The van der Waals surface area contributed by atoms with Gasteiger partial charge in [-0.2, -0.15) is 0 Å². The fourth-order valence-corrected chi connectivity index (χ4v) is 2.67. The Labute approximate surface area is 138 Å². The quantitative estimate of drug-likeness (QED) is 0.677. The van der Waals surface area contributed by atoms with E-state index in [0.29, 0.717) is 12.5 Å². The van der Waals surface area contributed by atoms with Gasteiger partial charge in [-0.3, -0.25) is 0 Å². The van der Waals surface area contributed by atoms with Crippen LogP contribution in [-0.2, 0) is 0 Å². The molecule has 1 aromatic rings. The minimum absolute atomic E-state index is 0.343. The summed E-state index contributed by atoms with van der Waals surface area (Å²) in [6, 6.07) is 2.07. The average molecular weight is 319 g/mol. The first-order valence-corrected chi connectivity index (χ1v) is 8.16. The number of aryl methyl sites for hydroxylation is 1. The molecule has 120 valence electrons. The van der Waals surface area contributed by atoms with Gasteiger partial charge in [0.25, 0.3) is 0 Å². The van der Waals surface area contributed by atoms with Crippen LogP contribution in [0.15, 0.2) is 18.7 Å². The highest BCUT2D eigenvalue weighted by atomic mass is 32.1. The van der Waals surface area contributed by atoms with Crippen LogP contribution in [0.5, 0.6) is 0 Å². The van der Waals surface area contributed by atoms with Gasteiger partial charge in [0.05, 0.1) is 0 Å². The first-order chi connectivity index (χ1) is 10.5. The van der Waals surface area contributed by atoms with E-state index in [4.69, 9.17) is 17.2 Å². The molecule has 0 aromatic carbocycles. The van der Waals surface area contributed by atoms with Crippen LogP contribution >= 0.6 is 12.2 Å². The van der Waals surface area contributed by atoms with Crippen LogP contribution in [0.1, 0.15) is 31.3 Å². The first-order valence-electron chi connectivity index (χ1n) is 7.75. The van der Waals surface area contributed by atoms with Crippen molar-refractivity contribution < 1.29 is 0 Å². The van der Waals surface area contributed by atoms with E-state index in [9.17, 15) is 0 Å². The zero-order valence-corrected chi connectivity index (χ0v) is 14.5. The number of piperazine rings is 1. The molecule has 1 aliphatic rings. The van der Waals surface area contributed by atoms with Crippen LogP contribution in [0.3, 0.4) is 0 Å². The van der Waals surface area contributed by atoms with Gasteiger partial charge in [0.2, 0.25) is 0 Å². The second kappa shape index (κ2) is 7.54. The maximum atomic E-state index is 5.39. The van der Waals surface area contributed by atoms with Crippen molar-refractivity contribution in [1.29, 1.82) is 0 Å². The highest BCUT2D eigenvalue weighted by Crippen LogP contribution is 2.18. The molecule has 0 bridgehead atoms. The molecule has 5 nitrogen and oxygen atoms in total. The minimum atomic E-state index is 0.343. The third-order valence-electron chi connectivity index (χ3n) is 3.66. The minimum Gasteiger partial charge on any atom is -0.359 e. The second-order valence-corrected chi connectivity index (χ2v) is 6.22. The predicted octanol–water partition coefficient (Wildman–Crippen LogP) is 2.09. The van der Waals surface area contributed by atoms with Crippen LogP contribution in [0.2, 0.25) is 0 Å². The van der Waals surface area contributed by atoms with Crippen LogP contribution in [0.4, 0.5) is 5.82 Å². The smallest absolute Gasteiger partial charge is 0.169 e. The zero-order valence-electron chi connectivity index (χ0n) is 13.7. The van der Waals surface area contributed by atoms with Gasteiger partial charge < -0.3 is 15.1 Å². The summed E-state index contributed by atoms with van der Waals surface area (Å²) in [5, 5.41) is 3.99. The summed E-state index contributed by atoms with van der Waals surface area (Å²) in [5.41, 5.74) is 1.03. The molecule has 1 N–H and O–H groups in total. The summed E-state index contributed by atoms with van der Waals surface area (Å²) < 4.78 is 0. The topological polar surface area (TPSA) is 44.3 Å². The lowest BCUT2D eigenvalue weighted by Gasteiger charge is -2.37. The molecular formula is C16H25N5S. The van der Waals surface area contributed by atoms with Crippen molar-refractivity contribution in [2.45, 2.75) is 26.7 Å². The van der Waals surface area contributed by atoms with E-state index < -0.39 is 0 Å². The Kier molecular flexibility index (Phi) is 5.71. The molecule has 1 aliphatic heterocycles. The molecule has 1 fully saturated rings. The number of rotatable bonds is 4. The van der Waals surface area contributed by atoms with E-state index in [1.165, 1.54) is 0 Å². The summed E-state index contributed by atoms with van der Waals surface area (Å²) >= 11 is 5.39. The van der Waals surface area contributed by atoms with Crippen molar-refractivity contribution in [3.05, 3.63) is 30.2 Å².